The molecular weight excluding hydrogens is 503 g/mol. The van der Waals surface area contributed by atoms with E-state index in [-0.39, 0.29) is 31.8 Å². The van der Waals surface area contributed by atoms with E-state index in [4.69, 9.17) is 23.8 Å². The molecule has 0 aromatic heterocycles. The molecule has 0 aromatic rings. The Labute approximate surface area is 182 Å². The van der Waals surface area contributed by atoms with E-state index < -0.39 is 17.8 Å². The first-order valence-corrected chi connectivity index (χ1v) is 10.8. The number of hydroxylamine groups is 2. The molecule has 1 heterocycles. The van der Waals surface area contributed by atoms with Crippen LogP contribution in [0.3, 0.4) is 0 Å². The number of carbonyl (C=O) groups is 4. The monoisotopic (exact) mass is 530 g/mol. The molecule has 11 nitrogen and oxygen atoms in total. The van der Waals surface area contributed by atoms with Crippen LogP contribution < -0.4 is 5.32 Å². The fourth-order valence-electron chi connectivity index (χ4n) is 2.03. The molecule has 1 aliphatic heterocycles. The van der Waals surface area contributed by atoms with E-state index >= 15 is 0 Å². The van der Waals surface area contributed by atoms with E-state index in [0.717, 1.165) is 0 Å². The smallest absolute Gasteiger partial charge is 0.335 e. The molecule has 0 radical (unpaired) electrons. The Bertz CT molecular complexity index is 517. The summed E-state index contributed by atoms with van der Waals surface area (Å²) in [7, 11) is 0. The summed E-state index contributed by atoms with van der Waals surface area (Å²) in [6.07, 6.45) is 0.0617. The molecule has 0 aliphatic carbocycles. The number of rotatable bonds is 17. The van der Waals surface area contributed by atoms with Crippen LogP contribution in [0.15, 0.2) is 0 Å². The zero-order chi connectivity index (χ0) is 21.3. The first-order chi connectivity index (χ1) is 14.0. The van der Waals surface area contributed by atoms with Gasteiger partial charge in [0.25, 0.3) is 11.8 Å². The van der Waals surface area contributed by atoms with Gasteiger partial charge < -0.3 is 29.1 Å². The first kappa shape index (κ1) is 25.7. The van der Waals surface area contributed by atoms with Gasteiger partial charge in [-0.1, -0.05) is 22.6 Å². The lowest BCUT2D eigenvalue weighted by atomic mass is 10.4. The van der Waals surface area contributed by atoms with Crippen LogP contribution in [0, 0.1) is 0 Å². The SMILES string of the molecule is O=C(CI)NCCOCCOCCOCCOCCC(=O)ON1C(=O)CCC1=O. The summed E-state index contributed by atoms with van der Waals surface area (Å²) in [5, 5.41) is 3.21. The third-order valence-corrected chi connectivity index (χ3v) is 4.15. The van der Waals surface area contributed by atoms with Gasteiger partial charge in [0.15, 0.2) is 0 Å². The number of imide groups is 1. The number of amides is 3. The van der Waals surface area contributed by atoms with Crippen LogP contribution >= 0.6 is 22.6 Å². The van der Waals surface area contributed by atoms with Gasteiger partial charge in [0, 0.05) is 19.4 Å². The average molecular weight is 530 g/mol. The molecule has 1 aliphatic rings. The van der Waals surface area contributed by atoms with Gasteiger partial charge in [-0.05, 0) is 0 Å². The predicted molar refractivity (Wildman–Crippen MR) is 107 cm³/mol. The van der Waals surface area contributed by atoms with Crippen molar-refractivity contribution >= 4 is 46.3 Å². The summed E-state index contributed by atoms with van der Waals surface area (Å²) < 4.78 is 21.6. The van der Waals surface area contributed by atoms with Crippen molar-refractivity contribution in [2.24, 2.45) is 0 Å². The number of hydrogen-bond acceptors (Lipinski definition) is 9. The van der Waals surface area contributed by atoms with Gasteiger partial charge in [0.05, 0.1) is 63.7 Å². The highest BCUT2D eigenvalue weighted by atomic mass is 127. The first-order valence-electron chi connectivity index (χ1n) is 9.24. The van der Waals surface area contributed by atoms with Crippen molar-refractivity contribution in [2.75, 3.05) is 63.8 Å². The van der Waals surface area contributed by atoms with Gasteiger partial charge >= 0.3 is 5.97 Å². The Hall–Kier alpha value is -1.35. The maximum Gasteiger partial charge on any atom is 0.335 e. The zero-order valence-electron chi connectivity index (χ0n) is 16.2. The summed E-state index contributed by atoms with van der Waals surface area (Å²) >= 11 is 1.99. The van der Waals surface area contributed by atoms with Crippen molar-refractivity contribution in [2.45, 2.75) is 19.3 Å². The zero-order valence-corrected chi connectivity index (χ0v) is 18.3. The van der Waals surface area contributed by atoms with Gasteiger partial charge in [0.1, 0.15) is 0 Å². The number of ether oxygens (including phenoxy) is 4. The van der Waals surface area contributed by atoms with Crippen LogP contribution in [0.2, 0.25) is 0 Å². The number of hydrogen-bond donors (Lipinski definition) is 1. The number of halogens is 1. The third kappa shape index (κ3) is 12.7. The minimum Gasteiger partial charge on any atom is -0.378 e. The van der Waals surface area contributed by atoms with E-state index in [1.807, 2.05) is 22.6 Å². The fraction of sp³-hybridized carbons (Fsp3) is 0.765. The second-order valence-corrected chi connectivity index (χ2v) is 6.49. The summed E-state index contributed by atoms with van der Waals surface area (Å²) in [6.45, 7) is 3.35. The number of nitrogens with zero attached hydrogens (tertiary/aromatic N) is 1. The molecule has 12 heteroatoms. The van der Waals surface area contributed by atoms with Crippen LogP contribution in [0.25, 0.3) is 0 Å². The standard InChI is InChI=1S/C17H27IN2O9/c18-13-14(21)19-4-6-26-8-10-28-12-11-27-9-7-25-5-3-17(24)29-20-15(22)1-2-16(20)23/h1-13H2,(H,19,21). The molecule has 1 N–H and O–H groups in total. The minimum atomic E-state index is -0.697. The van der Waals surface area contributed by atoms with Gasteiger partial charge in [-0.2, -0.15) is 0 Å². The van der Waals surface area contributed by atoms with E-state index in [0.29, 0.717) is 62.3 Å². The Morgan fingerprint density at radius 2 is 1.31 bits per heavy atom. The van der Waals surface area contributed by atoms with Crippen molar-refractivity contribution in [3.63, 3.8) is 0 Å². The maximum atomic E-state index is 11.5. The van der Waals surface area contributed by atoms with Crippen LogP contribution in [-0.4, -0.2) is 92.6 Å². The molecule has 3 amide bonds. The number of alkyl halides is 1. The van der Waals surface area contributed by atoms with Crippen LogP contribution in [-0.2, 0) is 43.0 Å². The van der Waals surface area contributed by atoms with Crippen molar-refractivity contribution in [1.82, 2.24) is 10.4 Å². The average Bonchev–Trinajstić information content (AvgIpc) is 3.02. The van der Waals surface area contributed by atoms with E-state index in [9.17, 15) is 19.2 Å². The third-order valence-electron chi connectivity index (χ3n) is 3.46. The highest BCUT2D eigenvalue weighted by molar-refractivity contribution is 14.1. The molecule has 1 fully saturated rings. The molecule has 0 spiro atoms. The van der Waals surface area contributed by atoms with Crippen molar-refractivity contribution in [3.8, 4) is 0 Å². The van der Waals surface area contributed by atoms with Crippen LogP contribution in [0.1, 0.15) is 19.3 Å². The fourth-order valence-corrected chi connectivity index (χ4v) is 2.30. The minimum absolute atomic E-state index is 0.0124. The highest BCUT2D eigenvalue weighted by Gasteiger charge is 2.32. The molecule has 166 valence electrons. The lowest BCUT2D eigenvalue weighted by Crippen LogP contribution is -2.32. The van der Waals surface area contributed by atoms with E-state index in [2.05, 4.69) is 5.32 Å². The van der Waals surface area contributed by atoms with Crippen LogP contribution in [0.5, 0.6) is 0 Å². The Morgan fingerprint density at radius 1 is 0.828 bits per heavy atom. The Kier molecular flexibility index (Phi) is 14.6. The summed E-state index contributed by atoms with van der Waals surface area (Å²) in [4.78, 5) is 49.8. The lowest BCUT2D eigenvalue weighted by molar-refractivity contribution is -0.198. The second kappa shape index (κ2) is 16.4. The topological polar surface area (TPSA) is 130 Å². The van der Waals surface area contributed by atoms with Gasteiger partial charge in [-0.3, -0.25) is 14.4 Å². The van der Waals surface area contributed by atoms with Gasteiger partial charge in [0.2, 0.25) is 5.91 Å². The molecule has 0 saturated carbocycles. The molecule has 1 saturated heterocycles. The largest absolute Gasteiger partial charge is 0.378 e. The highest BCUT2D eigenvalue weighted by Crippen LogP contribution is 2.12. The molecule has 0 bridgehead atoms. The quantitative estimate of drug-likeness (QED) is 0.116. The molecule has 0 unspecified atom stereocenters. The molecule has 29 heavy (non-hydrogen) atoms. The van der Waals surface area contributed by atoms with Crippen molar-refractivity contribution < 1.29 is 43.0 Å². The van der Waals surface area contributed by atoms with Crippen LogP contribution in [0.4, 0.5) is 0 Å². The number of carbonyl (C=O) groups excluding carboxylic acids is 4. The molecule has 0 atom stereocenters. The molecule has 0 aromatic carbocycles. The van der Waals surface area contributed by atoms with Crippen molar-refractivity contribution in [3.05, 3.63) is 0 Å². The van der Waals surface area contributed by atoms with Gasteiger partial charge in [-0.25, -0.2) is 4.79 Å². The predicted octanol–water partition coefficient (Wildman–Crippen LogP) is -0.399. The summed E-state index contributed by atoms with van der Waals surface area (Å²) in [5.41, 5.74) is 0. The Balaban J connectivity index is 1.80. The number of nitrogens with one attached hydrogen (secondary N) is 1. The van der Waals surface area contributed by atoms with Gasteiger partial charge in [-0.15, -0.1) is 5.06 Å². The second-order valence-electron chi connectivity index (χ2n) is 5.73. The lowest BCUT2D eigenvalue weighted by Gasteiger charge is -2.12. The summed E-state index contributed by atoms with van der Waals surface area (Å²) in [6, 6.07) is 0. The Morgan fingerprint density at radius 3 is 1.83 bits per heavy atom. The summed E-state index contributed by atoms with van der Waals surface area (Å²) in [5.74, 6) is -1.72. The van der Waals surface area contributed by atoms with Crippen molar-refractivity contribution in [1.29, 1.82) is 0 Å². The molecule has 1 rings (SSSR count). The molecular formula is C17H27IN2O9. The van der Waals surface area contributed by atoms with E-state index in [1.54, 1.807) is 0 Å². The maximum absolute atomic E-state index is 11.5. The normalized spacial score (nSPS) is 13.8. The van der Waals surface area contributed by atoms with E-state index in [1.165, 1.54) is 0 Å².